The van der Waals surface area contributed by atoms with Crippen LogP contribution < -0.4 is 37.9 Å². The van der Waals surface area contributed by atoms with Gasteiger partial charge in [0.2, 0.25) is 0 Å². The summed E-state index contributed by atoms with van der Waals surface area (Å²) >= 11 is 0. The van der Waals surface area contributed by atoms with E-state index in [2.05, 4.69) is 69.2 Å². The third-order valence-electron chi connectivity index (χ3n) is 21.3. The molecule has 2 aliphatic heterocycles. The molecule has 14 heteroatoms. The van der Waals surface area contributed by atoms with Crippen molar-refractivity contribution in [2.45, 2.75) is 295 Å². The van der Waals surface area contributed by atoms with Crippen LogP contribution in [0.25, 0.3) is 12.2 Å². The van der Waals surface area contributed by atoms with Crippen LogP contribution in [-0.2, 0) is 41.6 Å². The molecule has 0 amide bonds. The minimum atomic E-state index is -0.654. The first-order valence-corrected chi connectivity index (χ1v) is 38.1. The van der Waals surface area contributed by atoms with Gasteiger partial charge >= 0.3 is 23.9 Å². The lowest BCUT2D eigenvalue weighted by Gasteiger charge is -2.38. The van der Waals surface area contributed by atoms with Crippen molar-refractivity contribution in [3.05, 3.63) is 104 Å². The number of ether oxygens (including phenoxy) is 8. The molecule has 0 spiro atoms. The highest BCUT2D eigenvalue weighted by molar-refractivity contribution is 6.11. The standard InChI is InChI=1S/C87H124O14/c1-56(2)25-19-27-58(5)29-21-31-60(7)33-23-49-86(15)51-47-72-66(13)82(62(9)64(11)84(72)100-86)98-80(92)45-43-78(90)96-74-41-37-68(53-76(74)94-17)35-39-70(88)55-71(89)40-36-69-38-42-75(77(54-69)95-18)97-79(91)44-46-81(93)99-83-63(10)65(12)85-73(67(83)14)48-52-87(16,101-85)50-24-34-61(8)32-22-30-59(6)28-20-26-57(3)4/h35-42,53-54,56-61H,19-34,43-52,55H2,1-18H3/b39-35+,40-36+/t58-,59-,60-,61-,86-,87-/m1/s1. The van der Waals surface area contributed by atoms with Crippen LogP contribution in [0.5, 0.6) is 46.0 Å². The van der Waals surface area contributed by atoms with E-state index >= 15 is 0 Å². The van der Waals surface area contributed by atoms with Crippen LogP contribution >= 0.6 is 0 Å². The third kappa shape index (κ3) is 26.2. The van der Waals surface area contributed by atoms with Crippen LogP contribution in [0.1, 0.15) is 285 Å². The highest BCUT2D eigenvalue weighted by Gasteiger charge is 2.37. The lowest BCUT2D eigenvalue weighted by Crippen LogP contribution is -2.37. The van der Waals surface area contributed by atoms with Gasteiger partial charge in [-0.2, -0.15) is 0 Å². The van der Waals surface area contributed by atoms with E-state index in [0.29, 0.717) is 34.5 Å². The fourth-order valence-electron chi connectivity index (χ4n) is 14.3. The van der Waals surface area contributed by atoms with Crippen LogP contribution in [0, 0.1) is 77.0 Å². The lowest BCUT2D eigenvalue weighted by atomic mass is 9.83. The molecule has 2 heterocycles. The number of hydrogen-bond donors (Lipinski definition) is 0. The van der Waals surface area contributed by atoms with Gasteiger partial charge < -0.3 is 37.9 Å². The SMILES string of the molecule is COc1cc(/C=C/C(=O)CC(=O)/C=C/c2ccc(OC(=O)CCC(=O)Oc3c(C)c(C)c4c(c3C)CC[C@@](C)(CCC[C@H](C)CCC[C@H](C)CCCC(C)C)O4)c(OC)c2)ccc1OC(=O)CCC(=O)Oc1c(C)c(C)c2c(c1C)CC[C@@](C)(CCC[C@H](C)CCC[C@H](C)CCCC(C)C)O2. The number of benzene rings is 4. The smallest absolute Gasteiger partial charge is 0.311 e. The zero-order valence-corrected chi connectivity index (χ0v) is 65.0. The number of ketones is 2. The van der Waals surface area contributed by atoms with Crippen molar-refractivity contribution in [2.24, 2.45) is 35.5 Å². The summed E-state index contributed by atoms with van der Waals surface area (Å²) in [5, 5.41) is 0. The van der Waals surface area contributed by atoms with Gasteiger partial charge in [-0.15, -0.1) is 0 Å². The minimum Gasteiger partial charge on any atom is -0.493 e. The molecule has 0 saturated heterocycles. The van der Waals surface area contributed by atoms with Crippen molar-refractivity contribution < 1.29 is 66.7 Å². The number of methoxy groups -OCH3 is 2. The van der Waals surface area contributed by atoms with Crippen LogP contribution in [-0.4, -0.2) is 60.9 Å². The molecule has 0 aliphatic carbocycles. The zero-order valence-electron chi connectivity index (χ0n) is 65.0. The first-order valence-electron chi connectivity index (χ1n) is 38.1. The van der Waals surface area contributed by atoms with E-state index in [4.69, 9.17) is 37.9 Å². The van der Waals surface area contributed by atoms with Crippen molar-refractivity contribution in [3.63, 3.8) is 0 Å². The van der Waals surface area contributed by atoms with Gasteiger partial charge in [0.15, 0.2) is 34.6 Å². The molecular weight excluding hydrogens is 1270 g/mol. The molecule has 0 aromatic heterocycles. The van der Waals surface area contributed by atoms with Gasteiger partial charge in [0.1, 0.15) is 34.2 Å². The summed E-state index contributed by atoms with van der Waals surface area (Å²) in [6, 6.07) is 9.49. The number of rotatable bonds is 42. The second-order valence-electron chi connectivity index (χ2n) is 31.3. The van der Waals surface area contributed by atoms with Crippen LogP contribution in [0.2, 0.25) is 0 Å². The predicted octanol–water partition coefficient (Wildman–Crippen LogP) is 21.4. The summed E-state index contributed by atoms with van der Waals surface area (Å²) in [5.41, 5.74) is 8.01. The minimum absolute atomic E-state index is 0.130. The largest absolute Gasteiger partial charge is 0.493 e. The van der Waals surface area contributed by atoms with Gasteiger partial charge in [0, 0.05) is 11.1 Å². The molecular formula is C87H124O14. The number of carbonyl (C=O) groups is 6. The Morgan fingerprint density at radius 2 is 0.733 bits per heavy atom. The van der Waals surface area contributed by atoms with E-state index in [-0.39, 0.29) is 59.9 Å². The summed E-state index contributed by atoms with van der Waals surface area (Å²) in [7, 11) is 2.84. The molecule has 6 rings (SSSR count). The molecule has 0 unspecified atom stereocenters. The van der Waals surface area contributed by atoms with E-state index in [1.54, 1.807) is 24.3 Å². The molecule has 0 bridgehead atoms. The molecule has 101 heavy (non-hydrogen) atoms. The molecule has 4 aromatic rings. The third-order valence-corrected chi connectivity index (χ3v) is 21.3. The van der Waals surface area contributed by atoms with Crippen molar-refractivity contribution in [2.75, 3.05) is 14.2 Å². The van der Waals surface area contributed by atoms with Gasteiger partial charge in [-0.3, -0.25) is 28.8 Å². The average molecular weight is 1390 g/mol. The maximum Gasteiger partial charge on any atom is 0.311 e. The van der Waals surface area contributed by atoms with E-state index < -0.39 is 41.9 Å². The molecule has 0 N–H and O–H groups in total. The van der Waals surface area contributed by atoms with Gasteiger partial charge in [-0.25, -0.2) is 0 Å². The summed E-state index contributed by atoms with van der Waals surface area (Å²) in [4.78, 5) is 78.7. The van der Waals surface area contributed by atoms with Crippen molar-refractivity contribution in [3.8, 4) is 46.0 Å². The maximum absolute atomic E-state index is 13.3. The van der Waals surface area contributed by atoms with Crippen LogP contribution in [0.3, 0.4) is 0 Å². The summed E-state index contributed by atoms with van der Waals surface area (Å²) in [6.07, 6.45) is 30.1. The lowest BCUT2D eigenvalue weighted by molar-refractivity contribution is -0.140. The number of allylic oxidation sites excluding steroid dienone is 2. The molecule has 4 aromatic carbocycles. The quantitative estimate of drug-likeness (QED) is 0.0177. The number of fused-ring (bicyclic) bond motifs is 2. The molecule has 0 saturated carbocycles. The Hall–Kier alpha value is -7.22. The zero-order chi connectivity index (χ0) is 74.1. The Morgan fingerprint density at radius 1 is 0.416 bits per heavy atom. The molecule has 14 nitrogen and oxygen atoms in total. The van der Waals surface area contributed by atoms with E-state index in [0.717, 1.165) is 131 Å². The van der Waals surface area contributed by atoms with E-state index in [1.807, 2.05) is 41.5 Å². The molecule has 556 valence electrons. The Kier molecular flexibility index (Phi) is 32.8. The van der Waals surface area contributed by atoms with Crippen molar-refractivity contribution >= 4 is 47.6 Å². The number of carbonyl (C=O) groups excluding carboxylic acids is 6. The van der Waals surface area contributed by atoms with Crippen LogP contribution in [0.4, 0.5) is 0 Å². The summed E-state index contributed by atoms with van der Waals surface area (Å²) in [6.45, 7) is 35.1. The molecule has 6 atom stereocenters. The first-order chi connectivity index (χ1) is 47.9. The van der Waals surface area contributed by atoms with E-state index in [9.17, 15) is 28.8 Å². The molecule has 0 fully saturated rings. The van der Waals surface area contributed by atoms with Crippen molar-refractivity contribution in [1.29, 1.82) is 0 Å². The van der Waals surface area contributed by atoms with Crippen LogP contribution in [0.15, 0.2) is 48.6 Å². The van der Waals surface area contributed by atoms with Gasteiger partial charge in [0.25, 0.3) is 0 Å². The number of esters is 4. The highest BCUT2D eigenvalue weighted by Crippen LogP contribution is 2.47. The average Bonchev–Trinajstić information content (AvgIpc) is 0.766. The first kappa shape index (κ1) is 82.7. The Bertz CT molecular complexity index is 3290. The van der Waals surface area contributed by atoms with Gasteiger partial charge in [-0.05, 0) is 223 Å². The van der Waals surface area contributed by atoms with Gasteiger partial charge in [0.05, 0.1) is 46.3 Å². The van der Waals surface area contributed by atoms with E-state index in [1.165, 1.54) is 141 Å². The fourth-order valence-corrected chi connectivity index (χ4v) is 14.3. The normalized spacial score (nSPS) is 17.0. The monoisotopic (exact) mass is 1390 g/mol. The summed E-state index contributed by atoms with van der Waals surface area (Å²) < 4.78 is 47.9. The fraction of sp³-hybridized carbons (Fsp3) is 0.609. The summed E-state index contributed by atoms with van der Waals surface area (Å²) in [5.74, 6) is 4.75. The molecule has 0 radical (unpaired) electrons. The highest BCUT2D eigenvalue weighted by atomic mass is 16.6. The maximum atomic E-state index is 13.3. The Balaban J connectivity index is 0.897. The topological polar surface area (TPSA) is 176 Å². The van der Waals surface area contributed by atoms with Gasteiger partial charge in [-0.1, -0.05) is 170 Å². The Labute approximate surface area is 606 Å². The Morgan fingerprint density at radius 3 is 1.06 bits per heavy atom. The number of hydrogen-bond acceptors (Lipinski definition) is 14. The van der Waals surface area contributed by atoms with Crippen molar-refractivity contribution in [1.82, 2.24) is 0 Å². The molecule has 2 aliphatic rings. The second kappa shape index (κ2) is 40.0. The predicted molar refractivity (Wildman–Crippen MR) is 405 cm³/mol. The second-order valence-corrected chi connectivity index (χ2v) is 31.3.